The zero-order valence-corrected chi connectivity index (χ0v) is 15.2. The van der Waals surface area contributed by atoms with Gasteiger partial charge in [0.25, 0.3) is 0 Å². The highest BCUT2D eigenvalue weighted by Gasteiger charge is 2.21. The third-order valence-corrected chi connectivity index (χ3v) is 5.08. The molecule has 0 spiro atoms. The van der Waals surface area contributed by atoms with E-state index in [1.807, 2.05) is 0 Å². The molecule has 0 aromatic heterocycles. The van der Waals surface area contributed by atoms with Crippen LogP contribution in [0.5, 0.6) is 0 Å². The number of rotatable bonds is 7. The standard InChI is InChI=1S/C18H29BrN2/c1-4-21(16-7-5-6-8-16)17-10-9-15(18(19)11-17)13-20-12-14(2)3/h9-11,14,16,20H,4-8,12-13H2,1-3H3. The predicted molar refractivity (Wildman–Crippen MR) is 96.0 cm³/mol. The Morgan fingerprint density at radius 1 is 1.29 bits per heavy atom. The van der Waals surface area contributed by atoms with E-state index in [0.29, 0.717) is 5.92 Å². The fourth-order valence-corrected chi connectivity index (χ4v) is 3.73. The van der Waals surface area contributed by atoms with Crippen LogP contribution in [0.2, 0.25) is 0 Å². The minimum absolute atomic E-state index is 0.695. The molecule has 118 valence electrons. The van der Waals surface area contributed by atoms with Crippen molar-refractivity contribution in [2.45, 2.75) is 59.0 Å². The molecule has 3 heteroatoms. The van der Waals surface area contributed by atoms with Gasteiger partial charge in [-0.1, -0.05) is 48.7 Å². The van der Waals surface area contributed by atoms with E-state index in [-0.39, 0.29) is 0 Å². The molecule has 0 unspecified atom stereocenters. The summed E-state index contributed by atoms with van der Waals surface area (Å²) in [6, 6.07) is 7.60. The first kappa shape index (κ1) is 16.8. The van der Waals surface area contributed by atoms with Crippen molar-refractivity contribution in [1.29, 1.82) is 0 Å². The van der Waals surface area contributed by atoms with E-state index < -0.39 is 0 Å². The first-order chi connectivity index (χ1) is 10.1. The highest BCUT2D eigenvalue weighted by atomic mass is 79.9. The number of hydrogen-bond donors (Lipinski definition) is 1. The third kappa shape index (κ3) is 4.72. The van der Waals surface area contributed by atoms with Crippen LogP contribution in [0, 0.1) is 5.92 Å². The second kappa shape index (κ2) is 8.19. The lowest BCUT2D eigenvalue weighted by molar-refractivity contribution is 0.551. The first-order valence-corrected chi connectivity index (χ1v) is 9.17. The summed E-state index contributed by atoms with van der Waals surface area (Å²) in [6.07, 6.45) is 5.48. The number of nitrogens with zero attached hydrogens (tertiary/aromatic N) is 1. The average Bonchev–Trinajstić information content (AvgIpc) is 2.95. The number of hydrogen-bond acceptors (Lipinski definition) is 2. The molecule has 1 fully saturated rings. The molecule has 0 bridgehead atoms. The van der Waals surface area contributed by atoms with Gasteiger partial charge in [0.2, 0.25) is 0 Å². The molecule has 1 saturated carbocycles. The maximum absolute atomic E-state index is 3.75. The van der Waals surface area contributed by atoms with Crippen molar-refractivity contribution in [2.75, 3.05) is 18.0 Å². The smallest absolute Gasteiger partial charge is 0.0380 e. The van der Waals surface area contributed by atoms with Crippen LogP contribution in [-0.2, 0) is 6.54 Å². The highest BCUT2D eigenvalue weighted by Crippen LogP contribution is 2.30. The van der Waals surface area contributed by atoms with Gasteiger partial charge in [-0.2, -0.15) is 0 Å². The Balaban J connectivity index is 2.02. The summed E-state index contributed by atoms with van der Waals surface area (Å²) in [5.74, 6) is 0.695. The molecule has 0 amide bonds. The van der Waals surface area contributed by atoms with E-state index in [1.165, 1.54) is 41.4 Å². The number of nitrogens with one attached hydrogen (secondary N) is 1. The second-order valence-electron chi connectivity index (χ2n) is 6.52. The second-order valence-corrected chi connectivity index (χ2v) is 7.38. The van der Waals surface area contributed by atoms with Crippen LogP contribution in [0.15, 0.2) is 22.7 Å². The van der Waals surface area contributed by atoms with Gasteiger partial charge in [0.05, 0.1) is 0 Å². The molecule has 1 aromatic carbocycles. The van der Waals surface area contributed by atoms with Crippen molar-refractivity contribution in [1.82, 2.24) is 5.32 Å². The van der Waals surface area contributed by atoms with Crippen LogP contribution in [0.25, 0.3) is 0 Å². The van der Waals surface area contributed by atoms with E-state index in [9.17, 15) is 0 Å². The molecule has 1 aromatic rings. The van der Waals surface area contributed by atoms with Crippen molar-refractivity contribution in [3.63, 3.8) is 0 Å². The van der Waals surface area contributed by atoms with Gasteiger partial charge in [-0.25, -0.2) is 0 Å². The van der Waals surface area contributed by atoms with Crippen LogP contribution in [-0.4, -0.2) is 19.1 Å². The third-order valence-electron chi connectivity index (χ3n) is 4.34. The predicted octanol–water partition coefficient (Wildman–Crippen LogP) is 4.96. The van der Waals surface area contributed by atoms with Gasteiger partial charge in [-0.15, -0.1) is 0 Å². The Hall–Kier alpha value is -0.540. The zero-order valence-electron chi connectivity index (χ0n) is 13.7. The maximum atomic E-state index is 3.75. The van der Waals surface area contributed by atoms with Crippen LogP contribution in [0.4, 0.5) is 5.69 Å². The van der Waals surface area contributed by atoms with E-state index >= 15 is 0 Å². The van der Waals surface area contributed by atoms with E-state index in [4.69, 9.17) is 0 Å². The molecule has 0 atom stereocenters. The van der Waals surface area contributed by atoms with Gasteiger partial charge in [-0.05, 0) is 49.9 Å². The monoisotopic (exact) mass is 352 g/mol. The molecule has 0 aliphatic heterocycles. The quantitative estimate of drug-likeness (QED) is 0.745. The molecule has 1 aliphatic carbocycles. The summed E-state index contributed by atoms with van der Waals surface area (Å²) >= 11 is 3.75. The Labute approximate surface area is 138 Å². The lowest BCUT2D eigenvalue weighted by Gasteiger charge is -2.30. The topological polar surface area (TPSA) is 15.3 Å². The maximum Gasteiger partial charge on any atom is 0.0380 e. The van der Waals surface area contributed by atoms with E-state index in [1.54, 1.807) is 0 Å². The summed E-state index contributed by atoms with van der Waals surface area (Å²) in [6.45, 7) is 9.86. The molecule has 0 radical (unpaired) electrons. The van der Waals surface area contributed by atoms with Gasteiger partial charge in [0, 0.05) is 29.3 Å². The molecular formula is C18H29BrN2. The molecule has 2 nitrogen and oxygen atoms in total. The van der Waals surface area contributed by atoms with Crippen LogP contribution in [0.3, 0.4) is 0 Å². The van der Waals surface area contributed by atoms with Crippen molar-refractivity contribution in [3.8, 4) is 0 Å². The lowest BCUT2D eigenvalue weighted by Crippen LogP contribution is -2.33. The molecule has 21 heavy (non-hydrogen) atoms. The lowest BCUT2D eigenvalue weighted by atomic mass is 10.1. The molecule has 2 rings (SSSR count). The summed E-state index contributed by atoms with van der Waals surface area (Å²) in [5, 5.41) is 3.52. The molecule has 1 aliphatic rings. The van der Waals surface area contributed by atoms with Crippen molar-refractivity contribution < 1.29 is 0 Å². The van der Waals surface area contributed by atoms with Crippen molar-refractivity contribution in [3.05, 3.63) is 28.2 Å². The van der Waals surface area contributed by atoms with Gasteiger partial charge in [0.1, 0.15) is 0 Å². The normalized spacial score (nSPS) is 15.9. The molecule has 0 heterocycles. The van der Waals surface area contributed by atoms with Gasteiger partial charge < -0.3 is 10.2 Å². The first-order valence-electron chi connectivity index (χ1n) is 8.37. The summed E-state index contributed by atoms with van der Waals surface area (Å²) < 4.78 is 1.23. The fraction of sp³-hybridized carbons (Fsp3) is 0.667. The Morgan fingerprint density at radius 3 is 2.57 bits per heavy atom. The zero-order chi connectivity index (χ0) is 15.2. The molecule has 0 saturated heterocycles. The molecule has 1 N–H and O–H groups in total. The summed E-state index contributed by atoms with van der Waals surface area (Å²) in [7, 11) is 0. The van der Waals surface area contributed by atoms with Crippen LogP contribution < -0.4 is 10.2 Å². The minimum Gasteiger partial charge on any atom is -0.369 e. The van der Waals surface area contributed by atoms with E-state index in [0.717, 1.165) is 25.7 Å². The van der Waals surface area contributed by atoms with Crippen LogP contribution >= 0.6 is 15.9 Å². The summed E-state index contributed by atoms with van der Waals surface area (Å²) in [5.41, 5.74) is 2.71. The highest BCUT2D eigenvalue weighted by molar-refractivity contribution is 9.10. The van der Waals surface area contributed by atoms with Crippen molar-refractivity contribution >= 4 is 21.6 Å². The Bertz CT molecular complexity index is 439. The van der Waals surface area contributed by atoms with E-state index in [2.05, 4.69) is 65.1 Å². The fourth-order valence-electron chi connectivity index (χ4n) is 3.22. The number of benzene rings is 1. The Morgan fingerprint density at radius 2 is 2.00 bits per heavy atom. The minimum atomic E-state index is 0.695. The largest absolute Gasteiger partial charge is 0.369 e. The van der Waals surface area contributed by atoms with Gasteiger partial charge in [0.15, 0.2) is 0 Å². The SMILES string of the molecule is CCN(c1ccc(CNCC(C)C)c(Br)c1)C1CCCC1. The average molecular weight is 353 g/mol. The number of anilines is 1. The van der Waals surface area contributed by atoms with Gasteiger partial charge in [-0.3, -0.25) is 0 Å². The molecular weight excluding hydrogens is 324 g/mol. The number of halogens is 1. The van der Waals surface area contributed by atoms with Crippen LogP contribution in [0.1, 0.15) is 52.0 Å². The summed E-state index contributed by atoms with van der Waals surface area (Å²) in [4.78, 5) is 2.57. The van der Waals surface area contributed by atoms with Crippen molar-refractivity contribution in [2.24, 2.45) is 5.92 Å². The van der Waals surface area contributed by atoms with Gasteiger partial charge >= 0.3 is 0 Å². The Kier molecular flexibility index (Phi) is 6.56.